The van der Waals surface area contributed by atoms with Crippen molar-refractivity contribution in [2.45, 2.75) is 0 Å². The molecule has 16 heavy (non-hydrogen) atoms. The quantitative estimate of drug-likeness (QED) is 0.654. The van der Waals surface area contributed by atoms with Gasteiger partial charge in [0.25, 0.3) is 0 Å². The molecule has 6 heteroatoms. The summed E-state index contributed by atoms with van der Waals surface area (Å²) in [7, 11) is 1.61. The van der Waals surface area contributed by atoms with Gasteiger partial charge in [-0.25, -0.2) is 10.8 Å². The van der Waals surface area contributed by atoms with E-state index in [1.165, 1.54) is 11.3 Å². The van der Waals surface area contributed by atoms with E-state index in [2.05, 4.69) is 10.4 Å². The van der Waals surface area contributed by atoms with E-state index in [1.807, 2.05) is 17.5 Å². The van der Waals surface area contributed by atoms with Crippen molar-refractivity contribution >= 4 is 28.1 Å². The SMILES string of the molecule is COc1ccc(Cl)cc1-c1csc(NN)n1. The lowest BCUT2D eigenvalue weighted by Crippen LogP contribution is -2.05. The molecule has 0 aliphatic rings. The van der Waals surface area contributed by atoms with Gasteiger partial charge < -0.3 is 4.74 Å². The number of rotatable bonds is 3. The van der Waals surface area contributed by atoms with Gasteiger partial charge in [-0.3, -0.25) is 5.43 Å². The molecule has 1 aromatic heterocycles. The Balaban J connectivity index is 2.49. The number of hydrazine groups is 1. The molecule has 1 aromatic carbocycles. The maximum atomic E-state index is 5.94. The van der Waals surface area contributed by atoms with E-state index >= 15 is 0 Å². The topological polar surface area (TPSA) is 60.2 Å². The van der Waals surface area contributed by atoms with Crippen LogP contribution >= 0.6 is 22.9 Å². The fourth-order valence-electron chi connectivity index (χ4n) is 1.34. The van der Waals surface area contributed by atoms with Crippen LogP contribution in [0.5, 0.6) is 5.75 Å². The van der Waals surface area contributed by atoms with Gasteiger partial charge >= 0.3 is 0 Å². The van der Waals surface area contributed by atoms with Crippen molar-refractivity contribution in [2.24, 2.45) is 5.84 Å². The van der Waals surface area contributed by atoms with E-state index in [0.717, 1.165) is 17.0 Å². The first-order valence-corrected chi connectivity index (χ1v) is 5.76. The molecule has 1 heterocycles. The van der Waals surface area contributed by atoms with Gasteiger partial charge in [0.15, 0.2) is 5.13 Å². The minimum absolute atomic E-state index is 0.644. The number of nitrogen functional groups attached to an aromatic ring is 1. The number of nitrogens with zero attached hydrogens (tertiary/aromatic N) is 1. The summed E-state index contributed by atoms with van der Waals surface area (Å²) >= 11 is 7.37. The summed E-state index contributed by atoms with van der Waals surface area (Å²) < 4.78 is 5.25. The normalized spacial score (nSPS) is 10.2. The second kappa shape index (κ2) is 4.69. The summed E-state index contributed by atoms with van der Waals surface area (Å²) in [5.74, 6) is 6.02. The Morgan fingerprint density at radius 2 is 2.31 bits per heavy atom. The monoisotopic (exact) mass is 255 g/mol. The number of hydrogen-bond acceptors (Lipinski definition) is 5. The first-order valence-electron chi connectivity index (χ1n) is 4.50. The number of hydrogen-bond donors (Lipinski definition) is 2. The zero-order valence-electron chi connectivity index (χ0n) is 8.53. The maximum Gasteiger partial charge on any atom is 0.197 e. The highest BCUT2D eigenvalue weighted by Gasteiger charge is 2.10. The number of halogens is 1. The van der Waals surface area contributed by atoms with E-state index in [-0.39, 0.29) is 0 Å². The molecule has 0 amide bonds. The number of nitrogens with two attached hydrogens (primary N) is 1. The maximum absolute atomic E-state index is 5.94. The van der Waals surface area contributed by atoms with Gasteiger partial charge in [-0.15, -0.1) is 11.3 Å². The molecule has 84 valence electrons. The van der Waals surface area contributed by atoms with Crippen LogP contribution in [0.1, 0.15) is 0 Å². The van der Waals surface area contributed by atoms with E-state index in [0.29, 0.717) is 10.2 Å². The zero-order chi connectivity index (χ0) is 11.5. The molecule has 0 aliphatic carbocycles. The van der Waals surface area contributed by atoms with Gasteiger partial charge in [-0.2, -0.15) is 0 Å². The lowest BCUT2D eigenvalue weighted by Gasteiger charge is -2.06. The number of anilines is 1. The Hall–Kier alpha value is -1.30. The number of benzene rings is 1. The van der Waals surface area contributed by atoms with Gasteiger partial charge in [0.05, 0.1) is 12.8 Å². The molecule has 2 rings (SSSR count). The standard InChI is InChI=1S/C10H10ClN3OS/c1-15-9-3-2-6(11)4-7(9)8-5-16-10(13-8)14-12/h2-5H,12H2,1H3,(H,13,14). The molecule has 0 spiro atoms. The van der Waals surface area contributed by atoms with Crippen molar-refractivity contribution in [1.29, 1.82) is 0 Å². The number of nitrogens with one attached hydrogen (secondary N) is 1. The highest BCUT2D eigenvalue weighted by Crippen LogP contribution is 2.33. The lowest BCUT2D eigenvalue weighted by molar-refractivity contribution is 0.416. The minimum Gasteiger partial charge on any atom is -0.496 e. The second-order valence-electron chi connectivity index (χ2n) is 3.03. The molecular weight excluding hydrogens is 246 g/mol. The third kappa shape index (κ3) is 2.11. The fourth-order valence-corrected chi connectivity index (χ4v) is 2.14. The molecule has 0 unspecified atom stereocenters. The van der Waals surface area contributed by atoms with E-state index in [4.69, 9.17) is 22.2 Å². The number of thiazole rings is 1. The molecule has 0 saturated carbocycles. The van der Waals surface area contributed by atoms with Crippen LogP contribution in [-0.2, 0) is 0 Å². The Morgan fingerprint density at radius 3 is 2.94 bits per heavy atom. The number of ether oxygens (including phenoxy) is 1. The van der Waals surface area contributed by atoms with E-state index in [1.54, 1.807) is 13.2 Å². The molecule has 0 bridgehead atoms. The van der Waals surface area contributed by atoms with Crippen molar-refractivity contribution in [3.05, 3.63) is 28.6 Å². The van der Waals surface area contributed by atoms with Gasteiger partial charge in [-0.05, 0) is 18.2 Å². The molecule has 0 aliphatic heterocycles. The molecular formula is C10H10ClN3OS. The van der Waals surface area contributed by atoms with Crippen molar-refractivity contribution in [1.82, 2.24) is 4.98 Å². The Morgan fingerprint density at radius 1 is 1.50 bits per heavy atom. The first-order chi connectivity index (χ1) is 7.74. The first kappa shape index (κ1) is 11.2. The van der Waals surface area contributed by atoms with Gasteiger partial charge in [-0.1, -0.05) is 11.6 Å². The van der Waals surface area contributed by atoms with Crippen LogP contribution in [0.3, 0.4) is 0 Å². The van der Waals surface area contributed by atoms with Crippen molar-refractivity contribution < 1.29 is 4.74 Å². The predicted octanol–water partition coefficient (Wildman–Crippen LogP) is 2.76. The third-order valence-corrected chi connectivity index (χ3v) is 3.07. The highest BCUT2D eigenvalue weighted by molar-refractivity contribution is 7.14. The van der Waals surface area contributed by atoms with Gasteiger partial charge in [0, 0.05) is 16.0 Å². The van der Waals surface area contributed by atoms with Crippen LogP contribution in [0.4, 0.5) is 5.13 Å². The molecule has 3 N–H and O–H groups in total. The summed E-state index contributed by atoms with van der Waals surface area (Å²) in [6.45, 7) is 0. The molecule has 0 radical (unpaired) electrons. The largest absolute Gasteiger partial charge is 0.496 e. The average Bonchev–Trinajstić information content (AvgIpc) is 2.77. The summed E-state index contributed by atoms with van der Waals surface area (Å²) in [5, 5.41) is 3.19. The predicted molar refractivity (Wildman–Crippen MR) is 66.9 cm³/mol. The molecule has 2 aromatic rings. The van der Waals surface area contributed by atoms with Crippen LogP contribution in [0.15, 0.2) is 23.6 Å². The smallest absolute Gasteiger partial charge is 0.197 e. The summed E-state index contributed by atoms with van der Waals surface area (Å²) in [6, 6.07) is 5.40. The average molecular weight is 256 g/mol. The number of aromatic nitrogens is 1. The van der Waals surface area contributed by atoms with Crippen LogP contribution in [-0.4, -0.2) is 12.1 Å². The summed E-state index contributed by atoms with van der Waals surface area (Å²) in [6.07, 6.45) is 0. The van der Waals surface area contributed by atoms with Crippen LogP contribution in [0.2, 0.25) is 5.02 Å². The minimum atomic E-state index is 0.644. The zero-order valence-corrected chi connectivity index (χ0v) is 10.1. The molecule has 0 fully saturated rings. The van der Waals surface area contributed by atoms with E-state index in [9.17, 15) is 0 Å². The second-order valence-corrected chi connectivity index (χ2v) is 4.32. The summed E-state index contributed by atoms with van der Waals surface area (Å²) in [4.78, 5) is 4.29. The van der Waals surface area contributed by atoms with Crippen LogP contribution in [0.25, 0.3) is 11.3 Å². The fraction of sp³-hybridized carbons (Fsp3) is 0.100. The third-order valence-electron chi connectivity index (χ3n) is 2.07. The molecule has 4 nitrogen and oxygen atoms in total. The lowest BCUT2D eigenvalue weighted by atomic mass is 10.1. The van der Waals surface area contributed by atoms with Crippen molar-refractivity contribution in [3.8, 4) is 17.0 Å². The molecule has 0 saturated heterocycles. The van der Waals surface area contributed by atoms with Crippen molar-refractivity contribution in [2.75, 3.05) is 12.5 Å². The Kier molecular flexibility index (Phi) is 3.28. The highest BCUT2D eigenvalue weighted by atomic mass is 35.5. The van der Waals surface area contributed by atoms with Crippen LogP contribution in [0, 0.1) is 0 Å². The Bertz CT molecular complexity index is 501. The van der Waals surface area contributed by atoms with Gasteiger partial charge in [0.1, 0.15) is 5.75 Å². The van der Waals surface area contributed by atoms with E-state index < -0.39 is 0 Å². The van der Waals surface area contributed by atoms with Crippen molar-refractivity contribution in [3.63, 3.8) is 0 Å². The number of methoxy groups -OCH3 is 1. The van der Waals surface area contributed by atoms with Crippen LogP contribution < -0.4 is 16.0 Å². The molecule has 0 atom stereocenters. The van der Waals surface area contributed by atoms with Gasteiger partial charge in [0.2, 0.25) is 0 Å². The Labute approximate surface area is 102 Å². The summed E-state index contributed by atoms with van der Waals surface area (Å²) in [5.41, 5.74) is 4.15.